The zero-order valence-corrected chi connectivity index (χ0v) is 8.32. The Morgan fingerprint density at radius 2 is 2.27 bits per heavy atom. The van der Waals surface area contributed by atoms with Crippen LogP contribution in [0.1, 0.15) is 6.92 Å². The molecule has 1 aliphatic heterocycles. The molecule has 0 saturated carbocycles. The first-order chi connectivity index (χ1) is 5.14. The van der Waals surface area contributed by atoms with Gasteiger partial charge in [0.15, 0.2) is 0 Å². The van der Waals surface area contributed by atoms with Crippen LogP contribution in [0.3, 0.4) is 0 Å². The number of allylic oxidation sites excluding steroid dienone is 1. The van der Waals surface area contributed by atoms with Gasteiger partial charge in [0.25, 0.3) is 0 Å². The van der Waals surface area contributed by atoms with Gasteiger partial charge in [0.05, 0.1) is 20.3 Å². The molecule has 0 unspecified atom stereocenters. The Bertz CT molecular complexity index is 192. The third-order valence-electron chi connectivity index (χ3n) is 1.72. The molecule has 0 spiro atoms. The summed E-state index contributed by atoms with van der Waals surface area (Å²) in [6.45, 7) is 3.31. The lowest BCUT2D eigenvalue weighted by Gasteiger charge is -2.26. The van der Waals surface area contributed by atoms with Crippen molar-refractivity contribution in [2.45, 2.75) is 6.92 Å². The summed E-state index contributed by atoms with van der Waals surface area (Å²) >= 11 is 1.92. The van der Waals surface area contributed by atoms with E-state index in [1.807, 2.05) is 11.8 Å². The quantitative estimate of drug-likeness (QED) is 0.573. The van der Waals surface area contributed by atoms with E-state index in [-0.39, 0.29) is 0 Å². The molecule has 0 atom stereocenters. The SMILES string of the molecule is CCSC1=CC[N+](C)(C)C=C1. The van der Waals surface area contributed by atoms with Gasteiger partial charge in [-0.2, -0.15) is 0 Å². The van der Waals surface area contributed by atoms with E-state index in [1.165, 1.54) is 10.7 Å². The molecule has 0 saturated heterocycles. The lowest BCUT2D eigenvalue weighted by molar-refractivity contribution is -0.833. The van der Waals surface area contributed by atoms with Crippen molar-refractivity contribution in [2.24, 2.45) is 0 Å². The second kappa shape index (κ2) is 3.46. The molecule has 0 aliphatic carbocycles. The summed E-state index contributed by atoms with van der Waals surface area (Å²) in [5.74, 6) is 1.17. The van der Waals surface area contributed by atoms with E-state index in [4.69, 9.17) is 0 Å². The van der Waals surface area contributed by atoms with Crippen LogP contribution < -0.4 is 0 Å². The van der Waals surface area contributed by atoms with Crippen LogP contribution >= 0.6 is 11.8 Å². The van der Waals surface area contributed by atoms with Crippen molar-refractivity contribution in [3.05, 3.63) is 23.3 Å². The van der Waals surface area contributed by atoms with Gasteiger partial charge in [0.2, 0.25) is 0 Å². The van der Waals surface area contributed by atoms with Crippen molar-refractivity contribution in [3.8, 4) is 0 Å². The van der Waals surface area contributed by atoms with Crippen LogP contribution in [0.15, 0.2) is 23.3 Å². The zero-order chi connectivity index (χ0) is 8.32. The molecule has 0 N–H and O–H groups in total. The highest BCUT2D eigenvalue weighted by atomic mass is 32.2. The molecule has 1 nitrogen and oxygen atoms in total. The number of hydrogen-bond donors (Lipinski definition) is 0. The molecule has 0 radical (unpaired) electrons. The fourth-order valence-electron chi connectivity index (χ4n) is 1.00. The average molecular weight is 170 g/mol. The smallest absolute Gasteiger partial charge is 0.103 e. The maximum absolute atomic E-state index is 2.31. The molecule has 0 aromatic heterocycles. The number of quaternary nitrogens is 1. The normalized spacial score (nSPS) is 21.5. The summed E-state index contributed by atoms with van der Waals surface area (Å²) in [6.07, 6.45) is 6.78. The Morgan fingerprint density at radius 3 is 2.73 bits per heavy atom. The minimum Gasteiger partial charge on any atom is -0.299 e. The molecule has 62 valence electrons. The maximum atomic E-state index is 2.31. The van der Waals surface area contributed by atoms with Crippen LogP contribution in [0.2, 0.25) is 0 Å². The van der Waals surface area contributed by atoms with Gasteiger partial charge in [0, 0.05) is 11.0 Å². The summed E-state index contributed by atoms with van der Waals surface area (Å²) in [4.78, 5) is 1.42. The van der Waals surface area contributed by atoms with E-state index in [0.717, 1.165) is 11.0 Å². The predicted molar refractivity (Wildman–Crippen MR) is 52.3 cm³/mol. The van der Waals surface area contributed by atoms with Gasteiger partial charge in [-0.25, -0.2) is 0 Å². The Kier molecular flexibility index (Phi) is 2.79. The Hall–Kier alpha value is -0.210. The average Bonchev–Trinajstić information content (AvgIpc) is 1.94. The molecule has 1 aliphatic rings. The summed E-state index contributed by atoms with van der Waals surface area (Å²) in [5, 5.41) is 0. The first-order valence-corrected chi connectivity index (χ1v) is 4.97. The monoisotopic (exact) mass is 170 g/mol. The van der Waals surface area contributed by atoms with Crippen molar-refractivity contribution in [1.29, 1.82) is 0 Å². The second-order valence-corrected chi connectivity index (χ2v) is 4.65. The van der Waals surface area contributed by atoms with Crippen LogP contribution in [-0.4, -0.2) is 30.9 Å². The zero-order valence-electron chi connectivity index (χ0n) is 7.50. The maximum Gasteiger partial charge on any atom is 0.103 e. The van der Waals surface area contributed by atoms with Gasteiger partial charge in [-0.15, -0.1) is 11.8 Å². The number of likely N-dealkylation sites (N-methyl/N-ethyl adjacent to an activating group) is 1. The van der Waals surface area contributed by atoms with Crippen LogP contribution in [0.4, 0.5) is 0 Å². The van der Waals surface area contributed by atoms with Crippen molar-refractivity contribution >= 4 is 11.8 Å². The highest BCUT2D eigenvalue weighted by Gasteiger charge is 2.13. The highest BCUT2D eigenvalue weighted by molar-refractivity contribution is 8.03. The van der Waals surface area contributed by atoms with E-state index in [1.54, 1.807) is 0 Å². The minimum atomic E-state index is 0.980. The van der Waals surface area contributed by atoms with Crippen molar-refractivity contribution < 1.29 is 4.48 Å². The fourth-order valence-corrected chi connectivity index (χ4v) is 1.69. The van der Waals surface area contributed by atoms with Gasteiger partial charge in [-0.05, 0) is 11.8 Å². The van der Waals surface area contributed by atoms with E-state index in [9.17, 15) is 0 Å². The lowest BCUT2D eigenvalue weighted by atomic mass is 10.3. The summed E-state index contributed by atoms with van der Waals surface area (Å²) in [7, 11) is 4.42. The molecule has 0 aromatic rings. The van der Waals surface area contributed by atoms with Crippen LogP contribution in [0, 0.1) is 0 Å². The fraction of sp³-hybridized carbons (Fsp3) is 0.556. The van der Waals surface area contributed by atoms with Gasteiger partial charge < -0.3 is 0 Å². The molecule has 2 heteroatoms. The Labute approximate surface area is 73.4 Å². The topological polar surface area (TPSA) is 0 Å². The molecule has 0 bridgehead atoms. The molecule has 0 aromatic carbocycles. The van der Waals surface area contributed by atoms with Crippen molar-refractivity contribution in [1.82, 2.24) is 0 Å². The van der Waals surface area contributed by atoms with Crippen LogP contribution in [-0.2, 0) is 0 Å². The number of hydrogen-bond acceptors (Lipinski definition) is 1. The van der Waals surface area contributed by atoms with Gasteiger partial charge in [-0.3, -0.25) is 4.48 Å². The van der Waals surface area contributed by atoms with Gasteiger partial charge >= 0.3 is 0 Å². The number of rotatable bonds is 2. The van der Waals surface area contributed by atoms with E-state index >= 15 is 0 Å². The third kappa shape index (κ3) is 2.72. The van der Waals surface area contributed by atoms with E-state index < -0.39 is 0 Å². The predicted octanol–water partition coefficient (Wildman–Crippen LogP) is 2.23. The van der Waals surface area contributed by atoms with Crippen LogP contribution in [0.5, 0.6) is 0 Å². The first kappa shape index (κ1) is 8.88. The van der Waals surface area contributed by atoms with Crippen molar-refractivity contribution in [2.75, 3.05) is 26.4 Å². The molecular weight excluding hydrogens is 154 g/mol. The second-order valence-electron chi connectivity index (χ2n) is 3.32. The number of nitrogens with zero attached hydrogens (tertiary/aromatic N) is 1. The molecule has 1 heterocycles. The third-order valence-corrected chi connectivity index (χ3v) is 2.64. The molecule has 0 amide bonds. The molecular formula is C9H16NS+. The van der Waals surface area contributed by atoms with Gasteiger partial charge in [-0.1, -0.05) is 6.92 Å². The highest BCUT2D eigenvalue weighted by Crippen LogP contribution is 2.21. The number of thioether (sulfide) groups is 1. The molecule has 0 fully saturated rings. The molecule has 11 heavy (non-hydrogen) atoms. The van der Waals surface area contributed by atoms with Crippen molar-refractivity contribution in [3.63, 3.8) is 0 Å². The minimum absolute atomic E-state index is 0.980. The summed E-state index contributed by atoms with van der Waals surface area (Å²) in [5.41, 5.74) is 0. The first-order valence-electron chi connectivity index (χ1n) is 3.99. The Balaban J connectivity index is 2.53. The lowest BCUT2D eigenvalue weighted by Crippen LogP contribution is -2.34. The standard InChI is InChI=1S/C9H16NS/c1-4-11-9-5-7-10(2,3)8-6-9/h5-7H,4,8H2,1-3H3/q+1. The Morgan fingerprint density at radius 1 is 1.55 bits per heavy atom. The van der Waals surface area contributed by atoms with E-state index in [0.29, 0.717) is 0 Å². The van der Waals surface area contributed by atoms with Gasteiger partial charge in [0.1, 0.15) is 6.54 Å². The molecule has 1 rings (SSSR count). The van der Waals surface area contributed by atoms with E-state index in [2.05, 4.69) is 39.4 Å². The summed E-state index contributed by atoms with van der Waals surface area (Å²) in [6, 6.07) is 0. The summed E-state index contributed by atoms with van der Waals surface area (Å²) < 4.78 is 0.980. The van der Waals surface area contributed by atoms with Crippen LogP contribution in [0.25, 0.3) is 0 Å². The largest absolute Gasteiger partial charge is 0.299 e.